The molecule has 3 rings (SSSR count). The summed E-state index contributed by atoms with van der Waals surface area (Å²) in [6.07, 6.45) is 3.72. The number of nitrogens with zero attached hydrogens (tertiary/aromatic N) is 3. The van der Waals surface area contributed by atoms with E-state index in [2.05, 4.69) is 10.3 Å². The average molecular weight is 300 g/mol. The van der Waals surface area contributed by atoms with E-state index in [1.165, 1.54) is 4.88 Å². The molecule has 1 aromatic carbocycles. The maximum absolute atomic E-state index is 12.2. The van der Waals surface area contributed by atoms with Gasteiger partial charge < -0.3 is 10.2 Å². The molecule has 0 aliphatic rings. The number of carbonyl (C=O) groups excluding carboxylic acids is 1. The molecule has 0 aliphatic heterocycles. The molecule has 6 heteroatoms. The zero-order valence-electron chi connectivity index (χ0n) is 12.1. The van der Waals surface area contributed by atoms with Crippen molar-refractivity contribution in [3.05, 3.63) is 47.2 Å². The highest BCUT2D eigenvalue weighted by Gasteiger charge is 2.12. The summed E-state index contributed by atoms with van der Waals surface area (Å²) < 4.78 is 1.88. The van der Waals surface area contributed by atoms with E-state index in [-0.39, 0.29) is 5.91 Å². The third-order valence-corrected chi connectivity index (χ3v) is 4.06. The number of thiazole rings is 1. The molecule has 21 heavy (non-hydrogen) atoms. The van der Waals surface area contributed by atoms with Crippen molar-refractivity contribution in [2.24, 2.45) is 0 Å². The quantitative estimate of drug-likeness (QED) is 0.809. The Kier molecular flexibility index (Phi) is 3.39. The molecule has 0 bridgehead atoms. The SMILES string of the molecule is Cc1cn2cc(C(=O)Nc3ccc(N(C)C)cc3)nc2s1. The molecule has 2 heterocycles. The van der Waals surface area contributed by atoms with Crippen molar-refractivity contribution in [2.75, 3.05) is 24.3 Å². The predicted molar refractivity (Wildman–Crippen MR) is 86.5 cm³/mol. The lowest BCUT2D eigenvalue weighted by molar-refractivity contribution is 0.102. The molecule has 0 spiro atoms. The van der Waals surface area contributed by atoms with Crippen LogP contribution in [0, 0.1) is 6.92 Å². The van der Waals surface area contributed by atoms with Crippen LogP contribution in [-0.2, 0) is 0 Å². The van der Waals surface area contributed by atoms with Gasteiger partial charge in [0.2, 0.25) is 0 Å². The van der Waals surface area contributed by atoms with E-state index < -0.39 is 0 Å². The first-order chi connectivity index (χ1) is 10.0. The number of nitrogens with one attached hydrogen (secondary N) is 1. The zero-order chi connectivity index (χ0) is 15.0. The van der Waals surface area contributed by atoms with Crippen LogP contribution in [0.3, 0.4) is 0 Å². The first kappa shape index (κ1) is 13.6. The van der Waals surface area contributed by atoms with Crippen LogP contribution < -0.4 is 10.2 Å². The number of imidazole rings is 1. The summed E-state index contributed by atoms with van der Waals surface area (Å²) in [7, 11) is 3.96. The van der Waals surface area contributed by atoms with Crippen LogP contribution in [0.4, 0.5) is 11.4 Å². The van der Waals surface area contributed by atoms with Crippen LogP contribution in [0.15, 0.2) is 36.7 Å². The van der Waals surface area contributed by atoms with Crippen LogP contribution >= 0.6 is 11.3 Å². The fraction of sp³-hybridized carbons (Fsp3) is 0.200. The Balaban J connectivity index is 1.77. The molecule has 108 valence electrons. The van der Waals surface area contributed by atoms with E-state index in [4.69, 9.17) is 0 Å². The number of aromatic nitrogens is 2. The van der Waals surface area contributed by atoms with Crippen molar-refractivity contribution in [1.29, 1.82) is 0 Å². The van der Waals surface area contributed by atoms with Gasteiger partial charge in [-0.1, -0.05) is 0 Å². The first-order valence-electron chi connectivity index (χ1n) is 6.57. The third-order valence-electron chi connectivity index (χ3n) is 3.15. The Morgan fingerprint density at radius 2 is 1.95 bits per heavy atom. The Morgan fingerprint density at radius 1 is 1.24 bits per heavy atom. The van der Waals surface area contributed by atoms with Gasteiger partial charge in [0.1, 0.15) is 5.69 Å². The van der Waals surface area contributed by atoms with Gasteiger partial charge in [0.25, 0.3) is 5.91 Å². The molecule has 0 saturated heterocycles. The van der Waals surface area contributed by atoms with Gasteiger partial charge >= 0.3 is 0 Å². The second-order valence-corrected chi connectivity index (χ2v) is 6.27. The van der Waals surface area contributed by atoms with Crippen molar-refractivity contribution >= 4 is 33.6 Å². The lowest BCUT2D eigenvalue weighted by Gasteiger charge is -2.12. The third kappa shape index (κ3) is 2.75. The number of fused-ring (bicyclic) bond motifs is 1. The Labute approximate surface area is 126 Å². The summed E-state index contributed by atoms with van der Waals surface area (Å²) in [5, 5.41) is 2.86. The van der Waals surface area contributed by atoms with Crippen LogP contribution in [0.5, 0.6) is 0 Å². The van der Waals surface area contributed by atoms with Crippen molar-refractivity contribution in [1.82, 2.24) is 9.38 Å². The lowest BCUT2D eigenvalue weighted by atomic mass is 10.2. The zero-order valence-corrected chi connectivity index (χ0v) is 12.9. The number of anilines is 2. The second kappa shape index (κ2) is 5.21. The summed E-state index contributed by atoms with van der Waals surface area (Å²) in [6, 6.07) is 7.70. The molecule has 0 aliphatic carbocycles. The molecule has 2 aromatic heterocycles. The van der Waals surface area contributed by atoms with Gasteiger partial charge in [-0.15, -0.1) is 11.3 Å². The van der Waals surface area contributed by atoms with Crippen LogP contribution in [0.1, 0.15) is 15.4 Å². The molecule has 0 unspecified atom stereocenters. The van der Waals surface area contributed by atoms with Crippen LogP contribution in [0.2, 0.25) is 0 Å². The largest absolute Gasteiger partial charge is 0.378 e. The maximum atomic E-state index is 12.2. The topological polar surface area (TPSA) is 49.6 Å². The summed E-state index contributed by atoms with van der Waals surface area (Å²) in [5.41, 5.74) is 2.28. The van der Waals surface area contributed by atoms with Gasteiger partial charge in [-0.2, -0.15) is 0 Å². The van der Waals surface area contributed by atoms with Crippen molar-refractivity contribution in [3.8, 4) is 0 Å². The molecule has 3 aromatic rings. The summed E-state index contributed by atoms with van der Waals surface area (Å²) in [6.45, 7) is 2.02. The molecular formula is C15H16N4OS. The number of carbonyl (C=O) groups is 1. The standard InChI is InChI=1S/C15H16N4OS/c1-10-8-19-9-13(17-15(19)21-10)14(20)16-11-4-6-12(7-5-11)18(2)3/h4-9H,1-3H3,(H,16,20). The fourth-order valence-corrected chi connectivity index (χ4v) is 2.87. The maximum Gasteiger partial charge on any atom is 0.275 e. The number of hydrogen-bond donors (Lipinski definition) is 1. The molecule has 0 saturated carbocycles. The molecular weight excluding hydrogens is 284 g/mol. The highest BCUT2D eigenvalue weighted by atomic mass is 32.1. The van der Waals surface area contributed by atoms with E-state index >= 15 is 0 Å². The van der Waals surface area contributed by atoms with Gasteiger partial charge in [0.05, 0.1) is 0 Å². The van der Waals surface area contributed by atoms with Gasteiger partial charge in [-0.3, -0.25) is 9.20 Å². The number of aryl methyl sites for hydroxylation is 1. The highest BCUT2D eigenvalue weighted by molar-refractivity contribution is 7.17. The molecule has 5 nitrogen and oxygen atoms in total. The van der Waals surface area contributed by atoms with Gasteiger partial charge in [-0.05, 0) is 31.2 Å². The predicted octanol–water partition coefficient (Wildman–Crippen LogP) is 3.02. The molecule has 1 N–H and O–H groups in total. The van der Waals surface area contributed by atoms with Gasteiger partial charge in [0.15, 0.2) is 4.96 Å². The van der Waals surface area contributed by atoms with E-state index in [1.54, 1.807) is 17.5 Å². The van der Waals surface area contributed by atoms with E-state index in [0.717, 1.165) is 16.3 Å². The fourth-order valence-electron chi connectivity index (χ4n) is 2.06. The Morgan fingerprint density at radius 3 is 2.57 bits per heavy atom. The number of hydrogen-bond acceptors (Lipinski definition) is 4. The van der Waals surface area contributed by atoms with Gasteiger partial charge in [-0.25, -0.2) is 4.98 Å². The van der Waals surface area contributed by atoms with E-state index in [1.807, 2.05) is 60.8 Å². The van der Waals surface area contributed by atoms with E-state index in [9.17, 15) is 4.79 Å². The number of benzene rings is 1. The molecule has 1 amide bonds. The summed E-state index contributed by atoms with van der Waals surface area (Å²) >= 11 is 1.57. The molecule has 0 fully saturated rings. The Bertz CT molecular complexity index is 754. The summed E-state index contributed by atoms with van der Waals surface area (Å²) in [5.74, 6) is -0.193. The highest BCUT2D eigenvalue weighted by Crippen LogP contribution is 2.19. The number of amides is 1. The second-order valence-electron chi connectivity index (χ2n) is 5.05. The van der Waals surface area contributed by atoms with Crippen molar-refractivity contribution in [2.45, 2.75) is 6.92 Å². The molecule has 0 radical (unpaired) electrons. The average Bonchev–Trinajstić information content (AvgIpc) is 2.96. The van der Waals surface area contributed by atoms with Crippen LogP contribution in [-0.4, -0.2) is 29.4 Å². The molecule has 0 atom stereocenters. The lowest BCUT2D eigenvalue weighted by Crippen LogP contribution is -2.13. The Hall–Kier alpha value is -2.34. The minimum atomic E-state index is -0.193. The van der Waals surface area contributed by atoms with Crippen molar-refractivity contribution < 1.29 is 4.79 Å². The smallest absolute Gasteiger partial charge is 0.275 e. The van der Waals surface area contributed by atoms with Gasteiger partial charge in [0, 0.05) is 42.7 Å². The normalized spacial score (nSPS) is 10.8. The van der Waals surface area contributed by atoms with Crippen molar-refractivity contribution in [3.63, 3.8) is 0 Å². The number of rotatable bonds is 3. The first-order valence-corrected chi connectivity index (χ1v) is 7.38. The minimum absolute atomic E-state index is 0.193. The monoisotopic (exact) mass is 300 g/mol. The van der Waals surface area contributed by atoms with E-state index in [0.29, 0.717) is 5.69 Å². The minimum Gasteiger partial charge on any atom is -0.378 e. The van der Waals surface area contributed by atoms with Crippen LogP contribution in [0.25, 0.3) is 4.96 Å². The summed E-state index contributed by atoms with van der Waals surface area (Å²) in [4.78, 5) is 20.5.